The highest BCUT2D eigenvalue weighted by Crippen LogP contribution is 2.29. The number of H-pyrrole nitrogens is 1. The van der Waals surface area contributed by atoms with Crippen molar-refractivity contribution in [3.8, 4) is 0 Å². The average molecular weight is 501 g/mol. The molecule has 1 N–H and O–H groups in total. The minimum absolute atomic E-state index is 0.0643. The van der Waals surface area contributed by atoms with Gasteiger partial charge in [0.2, 0.25) is 5.43 Å². The molecule has 0 aliphatic heterocycles. The van der Waals surface area contributed by atoms with Crippen LogP contribution < -0.4 is 5.43 Å². The molecule has 5 nitrogen and oxygen atoms in total. The van der Waals surface area contributed by atoms with Crippen molar-refractivity contribution in [3.63, 3.8) is 0 Å². The Morgan fingerprint density at radius 2 is 1.87 bits per heavy atom. The van der Waals surface area contributed by atoms with Crippen LogP contribution >= 0.6 is 15.9 Å². The van der Waals surface area contributed by atoms with Gasteiger partial charge in [-0.05, 0) is 60.0 Å². The van der Waals surface area contributed by atoms with E-state index in [-0.39, 0.29) is 22.0 Å². The van der Waals surface area contributed by atoms with Gasteiger partial charge in [-0.15, -0.1) is 0 Å². The molecule has 3 rings (SSSR count). The molecule has 0 spiro atoms. The first-order valence-electron chi connectivity index (χ1n) is 8.70. The lowest BCUT2D eigenvalue weighted by Gasteiger charge is -2.13. The number of carbonyl (C=O) groups is 1. The molecule has 0 saturated carbocycles. The van der Waals surface area contributed by atoms with Crippen molar-refractivity contribution >= 4 is 43.4 Å². The monoisotopic (exact) mass is 500 g/mol. The summed E-state index contributed by atoms with van der Waals surface area (Å²) in [7, 11) is -1.90. The van der Waals surface area contributed by atoms with Crippen LogP contribution in [0, 0.1) is 13.8 Å². The second kappa shape index (κ2) is 8.07. The topological polar surface area (TPSA) is 79.9 Å². The highest BCUT2D eigenvalue weighted by molar-refractivity contribution is 9.10. The number of benzene rings is 1. The number of Topliss-reactive ketones (excluding diaryl/α,β-unsaturated/α-hetero) is 1. The number of nitrogens with one attached hydrogen (secondary N) is 1. The molecule has 0 aliphatic rings. The van der Waals surface area contributed by atoms with Crippen LogP contribution in [0.4, 0.5) is 13.2 Å². The first-order valence-corrected chi connectivity index (χ1v) is 10.8. The molecule has 2 heterocycles. The zero-order chi connectivity index (χ0) is 22.4. The maximum absolute atomic E-state index is 13.1. The number of fused-ring (bicyclic) bond motifs is 1. The van der Waals surface area contributed by atoms with Gasteiger partial charge >= 0.3 is 6.18 Å². The molecule has 30 heavy (non-hydrogen) atoms. The zero-order valence-electron chi connectivity index (χ0n) is 16.1. The molecule has 158 valence electrons. The number of nitrogens with zero attached hydrogens (tertiary/aromatic N) is 1. The normalized spacial score (nSPS) is 12.9. The molecular formula is C20H16BrF3N2O3S. The molecule has 0 amide bonds. The number of carbonyl (C=O) groups excluding carboxylic acids is 1. The van der Waals surface area contributed by atoms with Crippen LogP contribution in [-0.4, -0.2) is 20.0 Å². The predicted octanol–water partition coefficient (Wildman–Crippen LogP) is 4.83. The molecular weight excluding hydrogens is 485 g/mol. The van der Waals surface area contributed by atoms with Crippen molar-refractivity contribution in [3.05, 3.63) is 67.0 Å². The summed E-state index contributed by atoms with van der Waals surface area (Å²) in [6.07, 6.45) is -4.59. The van der Waals surface area contributed by atoms with E-state index in [2.05, 4.69) is 25.9 Å². The van der Waals surface area contributed by atoms with Crippen molar-refractivity contribution in [2.24, 2.45) is 0 Å². The van der Waals surface area contributed by atoms with Crippen LogP contribution in [0.15, 0.2) is 38.6 Å². The summed E-state index contributed by atoms with van der Waals surface area (Å²) in [5.74, 6) is -0.759. The van der Waals surface area contributed by atoms with Gasteiger partial charge in [-0.2, -0.15) is 13.2 Å². The van der Waals surface area contributed by atoms with Crippen LogP contribution in [0.3, 0.4) is 0 Å². The van der Waals surface area contributed by atoms with Gasteiger partial charge in [-0.1, -0.05) is 12.1 Å². The standard InChI is InChI=1S/C20H16BrF3N2O3S/c1-9-4-6-13(21)17-15(9)18(28)16(11(3)27)19(26-17)30(29)8-12-5-7-14(20(22,23)24)25-10(12)2/h4-7H,8H2,1-3H3,(H,26,28). The fourth-order valence-electron chi connectivity index (χ4n) is 3.10. The Morgan fingerprint density at radius 3 is 2.43 bits per heavy atom. The average Bonchev–Trinajstić information content (AvgIpc) is 2.64. The summed E-state index contributed by atoms with van der Waals surface area (Å²) in [6, 6.07) is 5.46. The molecule has 0 bridgehead atoms. The summed E-state index contributed by atoms with van der Waals surface area (Å²) in [4.78, 5) is 31.7. The summed E-state index contributed by atoms with van der Waals surface area (Å²) < 4.78 is 52.1. The van der Waals surface area contributed by atoms with Gasteiger partial charge in [-0.3, -0.25) is 13.8 Å². The fraction of sp³-hybridized carbons (Fsp3) is 0.250. The highest BCUT2D eigenvalue weighted by atomic mass is 79.9. The van der Waals surface area contributed by atoms with Gasteiger partial charge in [-0.25, -0.2) is 4.98 Å². The van der Waals surface area contributed by atoms with E-state index in [1.54, 1.807) is 19.1 Å². The van der Waals surface area contributed by atoms with Crippen molar-refractivity contribution < 1.29 is 22.2 Å². The van der Waals surface area contributed by atoms with Crippen molar-refractivity contribution in [1.82, 2.24) is 9.97 Å². The minimum atomic E-state index is -4.59. The van der Waals surface area contributed by atoms with Gasteiger partial charge < -0.3 is 4.98 Å². The lowest BCUT2D eigenvalue weighted by atomic mass is 10.1. The van der Waals surface area contributed by atoms with E-state index in [0.717, 1.165) is 6.07 Å². The van der Waals surface area contributed by atoms with Crippen molar-refractivity contribution in [2.45, 2.75) is 37.7 Å². The number of aromatic nitrogens is 2. The van der Waals surface area contributed by atoms with Gasteiger partial charge in [0, 0.05) is 10.2 Å². The van der Waals surface area contributed by atoms with E-state index >= 15 is 0 Å². The third kappa shape index (κ3) is 4.11. The second-order valence-electron chi connectivity index (χ2n) is 6.76. The predicted molar refractivity (Wildman–Crippen MR) is 111 cm³/mol. The van der Waals surface area contributed by atoms with E-state index in [4.69, 9.17) is 0 Å². The number of pyridine rings is 2. The van der Waals surface area contributed by atoms with Crippen molar-refractivity contribution in [2.75, 3.05) is 0 Å². The number of hydrogen-bond acceptors (Lipinski definition) is 4. The molecule has 1 atom stereocenters. The summed E-state index contributed by atoms with van der Waals surface area (Å²) in [5.41, 5.74) is -0.367. The molecule has 1 unspecified atom stereocenters. The van der Waals surface area contributed by atoms with Crippen LogP contribution in [0.25, 0.3) is 10.9 Å². The lowest BCUT2D eigenvalue weighted by molar-refractivity contribution is -0.141. The largest absolute Gasteiger partial charge is 0.433 e. The summed E-state index contributed by atoms with van der Waals surface area (Å²) in [5, 5.41) is 0.244. The van der Waals surface area contributed by atoms with Crippen LogP contribution in [-0.2, 0) is 22.7 Å². The number of aromatic amines is 1. The number of ketones is 1. The lowest BCUT2D eigenvalue weighted by Crippen LogP contribution is -2.20. The molecule has 10 heteroatoms. The Kier molecular flexibility index (Phi) is 6.01. The molecule has 0 aliphatic carbocycles. The zero-order valence-corrected chi connectivity index (χ0v) is 18.5. The Labute approximate surface area is 180 Å². The van der Waals surface area contributed by atoms with Crippen LogP contribution in [0.1, 0.15) is 39.8 Å². The molecule has 0 radical (unpaired) electrons. The van der Waals surface area contributed by atoms with Crippen LogP contribution in [0.5, 0.6) is 0 Å². The molecule has 0 saturated heterocycles. The smallest absolute Gasteiger partial charge is 0.346 e. The summed E-state index contributed by atoms with van der Waals surface area (Å²) >= 11 is 3.34. The number of hydrogen-bond donors (Lipinski definition) is 1. The second-order valence-corrected chi connectivity index (χ2v) is 9.00. The quantitative estimate of drug-likeness (QED) is 0.520. The number of alkyl halides is 3. The fourth-order valence-corrected chi connectivity index (χ4v) is 4.95. The highest BCUT2D eigenvalue weighted by Gasteiger charge is 2.33. The first-order chi connectivity index (χ1) is 13.9. The van der Waals surface area contributed by atoms with E-state index in [1.165, 1.54) is 19.9 Å². The SMILES string of the molecule is CC(=O)c1c(S(=O)Cc2ccc(C(F)(F)F)nc2C)[nH]c2c(Br)ccc(C)c2c1=O. The van der Waals surface area contributed by atoms with E-state index in [9.17, 15) is 27.0 Å². The number of halogens is 4. The maximum atomic E-state index is 13.1. The van der Waals surface area contributed by atoms with E-state index in [0.29, 0.717) is 26.5 Å². The van der Waals surface area contributed by atoms with E-state index < -0.39 is 33.9 Å². The Morgan fingerprint density at radius 1 is 1.20 bits per heavy atom. The van der Waals surface area contributed by atoms with E-state index in [1.807, 2.05) is 0 Å². The van der Waals surface area contributed by atoms with Gasteiger partial charge in [0.15, 0.2) is 5.78 Å². The third-order valence-electron chi connectivity index (χ3n) is 4.63. The molecule has 1 aromatic carbocycles. The molecule has 2 aromatic heterocycles. The van der Waals surface area contributed by atoms with Gasteiger partial charge in [0.05, 0.1) is 33.0 Å². The Bertz CT molecular complexity index is 1270. The number of rotatable bonds is 4. The van der Waals surface area contributed by atoms with Gasteiger partial charge in [0.25, 0.3) is 0 Å². The molecule has 0 fully saturated rings. The third-order valence-corrected chi connectivity index (χ3v) is 6.63. The first kappa shape index (κ1) is 22.4. The Hall–Kier alpha value is -2.33. The van der Waals surface area contributed by atoms with Gasteiger partial charge in [0.1, 0.15) is 10.7 Å². The summed E-state index contributed by atoms with van der Waals surface area (Å²) in [6.45, 7) is 4.31. The maximum Gasteiger partial charge on any atom is 0.433 e. The van der Waals surface area contributed by atoms with Crippen molar-refractivity contribution in [1.29, 1.82) is 0 Å². The number of aryl methyl sites for hydroxylation is 2. The Balaban J connectivity index is 2.14. The van der Waals surface area contributed by atoms with Crippen LogP contribution in [0.2, 0.25) is 0 Å². The minimum Gasteiger partial charge on any atom is -0.346 e. The molecule has 3 aromatic rings.